The minimum Gasteiger partial charge on any atom is -0.459 e. The Bertz CT molecular complexity index is 724. The number of nitrogens with zero attached hydrogens (tertiary/aromatic N) is 1. The van der Waals surface area contributed by atoms with E-state index in [-0.39, 0.29) is 11.6 Å². The van der Waals surface area contributed by atoms with Crippen LogP contribution in [-0.4, -0.2) is 10.9 Å². The summed E-state index contributed by atoms with van der Waals surface area (Å²) in [5, 5.41) is 0.473. The molecular weight excluding hydrogens is 269 g/mol. The SMILES string of the molecule is O=C(NNc1nc2ccc(F)cc2s1)c1ccco1. The average molecular weight is 277 g/mol. The molecule has 1 amide bonds. The number of furan rings is 1. The number of thiazole rings is 1. The number of amides is 1. The van der Waals surface area contributed by atoms with Crippen molar-refractivity contribution < 1.29 is 13.6 Å². The summed E-state index contributed by atoms with van der Waals surface area (Å²) in [7, 11) is 0. The summed E-state index contributed by atoms with van der Waals surface area (Å²) >= 11 is 1.24. The molecule has 0 aliphatic rings. The number of carbonyl (C=O) groups is 1. The number of hydrogen-bond acceptors (Lipinski definition) is 5. The van der Waals surface area contributed by atoms with E-state index in [9.17, 15) is 9.18 Å². The highest BCUT2D eigenvalue weighted by Crippen LogP contribution is 2.25. The van der Waals surface area contributed by atoms with Crippen molar-refractivity contribution in [1.29, 1.82) is 0 Å². The summed E-state index contributed by atoms with van der Waals surface area (Å²) in [6, 6.07) is 7.49. The average Bonchev–Trinajstić information content (AvgIpc) is 3.04. The molecule has 0 spiro atoms. The van der Waals surface area contributed by atoms with Gasteiger partial charge >= 0.3 is 5.91 Å². The van der Waals surface area contributed by atoms with Gasteiger partial charge in [-0.1, -0.05) is 11.3 Å². The lowest BCUT2D eigenvalue weighted by Gasteiger charge is -2.02. The number of aromatic nitrogens is 1. The Morgan fingerprint density at radius 3 is 3.05 bits per heavy atom. The van der Waals surface area contributed by atoms with Crippen LogP contribution in [0.15, 0.2) is 41.0 Å². The maximum atomic E-state index is 13.0. The topological polar surface area (TPSA) is 67.2 Å². The molecule has 2 heterocycles. The third kappa shape index (κ3) is 2.41. The molecule has 0 unspecified atom stereocenters. The van der Waals surface area contributed by atoms with Crippen molar-refractivity contribution in [1.82, 2.24) is 10.4 Å². The summed E-state index contributed by atoms with van der Waals surface area (Å²) < 4.78 is 18.7. The molecule has 0 bridgehead atoms. The highest BCUT2D eigenvalue weighted by molar-refractivity contribution is 7.22. The normalized spacial score (nSPS) is 10.6. The predicted octanol–water partition coefficient (Wildman–Crippen LogP) is 2.79. The lowest BCUT2D eigenvalue weighted by atomic mass is 10.3. The number of benzene rings is 1. The van der Waals surface area contributed by atoms with Crippen molar-refractivity contribution in [2.24, 2.45) is 0 Å². The molecule has 0 saturated heterocycles. The van der Waals surface area contributed by atoms with Gasteiger partial charge < -0.3 is 4.42 Å². The van der Waals surface area contributed by atoms with Crippen LogP contribution in [0.25, 0.3) is 10.2 Å². The minimum atomic E-state index is -0.407. The van der Waals surface area contributed by atoms with Gasteiger partial charge in [0.25, 0.3) is 0 Å². The number of nitrogens with one attached hydrogen (secondary N) is 2. The number of fused-ring (bicyclic) bond motifs is 1. The third-order valence-electron chi connectivity index (χ3n) is 2.38. The number of hydrogen-bond donors (Lipinski definition) is 2. The molecule has 96 valence electrons. The van der Waals surface area contributed by atoms with Crippen molar-refractivity contribution in [2.45, 2.75) is 0 Å². The predicted molar refractivity (Wildman–Crippen MR) is 69.4 cm³/mol. The van der Waals surface area contributed by atoms with Crippen LogP contribution < -0.4 is 10.9 Å². The van der Waals surface area contributed by atoms with E-state index in [2.05, 4.69) is 15.8 Å². The molecule has 0 saturated carbocycles. The zero-order valence-electron chi connectivity index (χ0n) is 9.51. The molecule has 5 nitrogen and oxygen atoms in total. The van der Waals surface area contributed by atoms with Gasteiger partial charge in [-0.2, -0.15) is 0 Å². The van der Waals surface area contributed by atoms with E-state index in [0.29, 0.717) is 15.3 Å². The fourth-order valence-corrected chi connectivity index (χ4v) is 2.38. The van der Waals surface area contributed by atoms with E-state index in [1.807, 2.05) is 0 Å². The number of rotatable bonds is 3. The molecule has 2 aromatic heterocycles. The van der Waals surface area contributed by atoms with E-state index < -0.39 is 5.91 Å². The highest BCUT2D eigenvalue weighted by atomic mass is 32.1. The van der Waals surface area contributed by atoms with Crippen molar-refractivity contribution in [3.63, 3.8) is 0 Å². The van der Waals surface area contributed by atoms with Crippen molar-refractivity contribution in [2.75, 3.05) is 5.43 Å². The molecule has 3 aromatic rings. The van der Waals surface area contributed by atoms with Gasteiger partial charge in [0.15, 0.2) is 5.76 Å². The Hall–Kier alpha value is -2.41. The Morgan fingerprint density at radius 1 is 1.37 bits per heavy atom. The minimum absolute atomic E-state index is 0.194. The van der Waals surface area contributed by atoms with Crippen molar-refractivity contribution in [3.05, 3.63) is 48.2 Å². The first-order valence-electron chi connectivity index (χ1n) is 5.38. The Morgan fingerprint density at radius 2 is 2.26 bits per heavy atom. The summed E-state index contributed by atoms with van der Waals surface area (Å²) in [5.41, 5.74) is 5.78. The standard InChI is InChI=1S/C12H8FN3O2S/c13-7-3-4-8-10(6-7)19-12(14-8)16-15-11(17)9-2-1-5-18-9/h1-6H,(H,14,16)(H,15,17). The smallest absolute Gasteiger partial charge is 0.305 e. The van der Waals surface area contributed by atoms with Gasteiger partial charge in [0.1, 0.15) is 5.82 Å². The van der Waals surface area contributed by atoms with Gasteiger partial charge in [0.05, 0.1) is 16.5 Å². The first kappa shape index (κ1) is 11.7. The summed E-state index contributed by atoms with van der Waals surface area (Å²) in [6.07, 6.45) is 1.41. The van der Waals surface area contributed by atoms with Gasteiger partial charge in [-0.05, 0) is 30.3 Å². The van der Waals surface area contributed by atoms with Crippen LogP contribution in [-0.2, 0) is 0 Å². The first-order chi connectivity index (χ1) is 9.22. The number of halogens is 1. The fraction of sp³-hybridized carbons (Fsp3) is 0. The molecule has 0 fully saturated rings. The Labute approximate surface area is 111 Å². The molecule has 19 heavy (non-hydrogen) atoms. The van der Waals surface area contributed by atoms with Crippen LogP contribution >= 0.6 is 11.3 Å². The third-order valence-corrected chi connectivity index (χ3v) is 3.31. The largest absolute Gasteiger partial charge is 0.459 e. The highest BCUT2D eigenvalue weighted by Gasteiger charge is 2.09. The van der Waals surface area contributed by atoms with Crippen LogP contribution in [0.2, 0.25) is 0 Å². The Balaban J connectivity index is 1.73. The van der Waals surface area contributed by atoms with Crippen molar-refractivity contribution in [3.8, 4) is 0 Å². The molecule has 0 radical (unpaired) electrons. The molecule has 0 aliphatic carbocycles. The van der Waals surface area contributed by atoms with Gasteiger partial charge in [-0.15, -0.1) is 0 Å². The molecule has 7 heteroatoms. The second-order valence-corrected chi connectivity index (χ2v) is 4.72. The quantitative estimate of drug-likeness (QED) is 0.722. The van der Waals surface area contributed by atoms with Gasteiger partial charge in [0, 0.05) is 0 Å². The number of anilines is 1. The van der Waals surface area contributed by atoms with Gasteiger partial charge in [-0.3, -0.25) is 15.6 Å². The van der Waals surface area contributed by atoms with E-state index in [1.54, 1.807) is 18.2 Å². The van der Waals surface area contributed by atoms with E-state index in [0.717, 1.165) is 0 Å². The van der Waals surface area contributed by atoms with E-state index in [1.165, 1.54) is 29.7 Å². The van der Waals surface area contributed by atoms with Crippen LogP contribution in [0.1, 0.15) is 10.6 Å². The lowest BCUT2D eigenvalue weighted by Crippen LogP contribution is -2.28. The van der Waals surface area contributed by atoms with Crippen LogP contribution in [0.5, 0.6) is 0 Å². The van der Waals surface area contributed by atoms with E-state index in [4.69, 9.17) is 4.42 Å². The second-order valence-electron chi connectivity index (χ2n) is 3.69. The van der Waals surface area contributed by atoms with Crippen LogP contribution in [0.4, 0.5) is 9.52 Å². The number of carbonyl (C=O) groups excluding carboxylic acids is 1. The molecule has 0 atom stereocenters. The molecule has 1 aromatic carbocycles. The number of hydrazine groups is 1. The Kier molecular flexibility index (Phi) is 2.88. The zero-order valence-corrected chi connectivity index (χ0v) is 10.3. The molecular formula is C12H8FN3O2S. The zero-order chi connectivity index (χ0) is 13.2. The van der Waals surface area contributed by atoms with E-state index >= 15 is 0 Å². The van der Waals surface area contributed by atoms with Gasteiger partial charge in [-0.25, -0.2) is 9.37 Å². The van der Waals surface area contributed by atoms with Crippen LogP contribution in [0, 0.1) is 5.82 Å². The van der Waals surface area contributed by atoms with Crippen molar-refractivity contribution >= 4 is 32.6 Å². The monoisotopic (exact) mass is 277 g/mol. The maximum absolute atomic E-state index is 13.0. The molecule has 3 rings (SSSR count). The van der Waals surface area contributed by atoms with Gasteiger partial charge in [0.2, 0.25) is 5.13 Å². The summed E-state index contributed by atoms with van der Waals surface area (Å²) in [5.74, 6) is -0.530. The molecule has 0 aliphatic heterocycles. The first-order valence-corrected chi connectivity index (χ1v) is 6.20. The summed E-state index contributed by atoms with van der Waals surface area (Å²) in [4.78, 5) is 15.8. The summed E-state index contributed by atoms with van der Waals surface area (Å²) in [6.45, 7) is 0. The second kappa shape index (κ2) is 4.69. The lowest BCUT2D eigenvalue weighted by molar-refractivity contribution is 0.0935. The fourth-order valence-electron chi connectivity index (χ4n) is 1.53. The maximum Gasteiger partial charge on any atom is 0.305 e. The molecule has 2 N–H and O–H groups in total. The van der Waals surface area contributed by atoms with Crippen LogP contribution in [0.3, 0.4) is 0 Å².